The lowest BCUT2D eigenvalue weighted by atomic mass is 9.53. The molecule has 44 heavy (non-hydrogen) atoms. The second-order valence-corrected chi connectivity index (χ2v) is 11.9. The van der Waals surface area contributed by atoms with Gasteiger partial charge in [0.05, 0.1) is 23.5 Å². The van der Waals surface area contributed by atoms with Crippen molar-refractivity contribution in [2.24, 2.45) is 17.3 Å². The summed E-state index contributed by atoms with van der Waals surface area (Å²) >= 11 is 0. The van der Waals surface area contributed by atoms with Gasteiger partial charge in [0.1, 0.15) is 24.9 Å². The van der Waals surface area contributed by atoms with Gasteiger partial charge in [-0.3, -0.25) is 24.0 Å². The van der Waals surface area contributed by atoms with Crippen molar-refractivity contribution in [3.8, 4) is 0 Å². The third-order valence-electron chi connectivity index (χ3n) is 8.94. The standard InChI is InChI=1S/C30H38O14/c1-15-27(36)44-23-11-20(12-38-16(2)31)7-8-21(43-24(35)13-39-17(3)32)28(6)22(41-18(4)33)9-10-29(14-40-29)25(28)26(30(15,23)37)42-19(5)34/h7-8,11,15,21-23,25-26,37H,9-10,12-14H2,1-6H3/b8-7-,20-11+/t15-,21-,22-,23-,25+,26-,28-,29-,30-/m0/s1. The predicted octanol–water partition coefficient (Wildman–Crippen LogP) is 0.862. The first-order chi connectivity index (χ1) is 20.5. The summed E-state index contributed by atoms with van der Waals surface area (Å²) in [7, 11) is 0. The van der Waals surface area contributed by atoms with E-state index >= 15 is 0 Å². The van der Waals surface area contributed by atoms with Crippen molar-refractivity contribution in [3.05, 3.63) is 23.8 Å². The molecule has 2 aliphatic heterocycles. The summed E-state index contributed by atoms with van der Waals surface area (Å²) in [6.45, 7) is 6.88. The van der Waals surface area contributed by atoms with E-state index < -0.39 is 95.3 Å². The van der Waals surface area contributed by atoms with Crippen LogP contribution in [-0.4, -0.2) is 96.4 Å². The van der Waals surface area contributed by atoms with Crippen molar-refractivity contribution in [1.82, 2.24) is 0 Å². The minimum atomic E-state index is -2.20. The molecule has 1 N–H and O–H groups in total. The molecule has 0 aromatic carbocycles. The van der Waals surface area contributed by atoms with Crippen molar-refractivity contribution in [2.75, 3.05) is 19.8 Å². The Kier molecular flexibility index (Phi) is 9.27. The Bertz CT molecular complexity index is 1280. The maximum absolute atomic E-state index is 13.0. The first-order valence-electron chi connectivity index (χ1n) is 14.3. The van der Waals surface area contributed by atoms with Gasteiger partial charge in [0.25, 0.3) is 0 Å². The fourth-order valence-electron chi connectivity index (χ4n) is 6.77. The van der Waals surface area contributed by atoms with Gasteiger partial charge in [-0.15, -0.1) is 0 Å². The highest BCUT2D eigenvalue weighted by atomic mass is 16.6. The number of fused-ring (bicyclic) bond motifs is 3. The molecule has 2 saturated heterocycles. The van der Waals surface area contributed by atoms with Gasteiger partial charge in [0, 0.05) is 33.6 Å². The third-order valence-corrected chi connectivity index (χ3v) is 8.94. The second kappa shape index (κ2) is 12.3. The first kappa shape index (κ1) is 33.1. The lowest BCUT2D eigenvalue weighted by Gasteiger charge is -2.56. The number of aliphatic hydroxyl groups is 1. The maximum Gasteiger partial charge on any atom is 0.344 e. The summed E-state index contributed by atoms with van der Waals surface area (Å²) in [6.07, 6.45) is -0.277. The van der Waals surface area contributed by atoms with Crippen LogP contribution < -0.4 is 0 Å². The van der Waals surface area contributed by atoms with E-state index in [1.807, 2.05) is 0 Å². The molecule has 0 radical (unpaired) electrons. The van der Waals surface area contributed by atoms with E-state index in [0.717, 1.165) is 13.8 Å². The van der Waals surface area contributed by atoms with E-state index in [9.17, 15) is 33.9 Å². The van der Waals surface area contributed by atoms with Gasteiger partial charge in [-0.25, -0.2) is 4.79 Å². The predicted molar refractivity (Wildman–Crippen MR) is 145 cm³/mol. The number of carbonyl (C=O) groups excluding carboxylic acids is 6. The molecule has 2 heterocycles. The van der Waals surface area contributed by atoms with Crippen LogP contribution in [0.5, 0.6) is 0 Å². The van der Waals surface area contributed by atoms with E-state index in [4.69, 9.17) is 33.2 Å². The van der Waals surface area contributed by atoms with Crippen molar-refractivity contribution in [2.45, 2.75) is 90.0 Å². The molecule has 0 aromatic rings. The van der Waals surface area contributed by atoms with Gasteiger partial charge in [-0.05, 0) is 37.5 Å². The Balaban J connectivity index is 1.99. The summed E-state index contributed by atoms with van der Waals surface area (Å²) < 4.78 is 39.2. The van der Waals surface area contributed by atoms with Crippen molar-refractivity contribution in [1.29, 1.82) is 0 Å². The number of rotatable bonds is 7. The zero-order valence-electron chi connectivity index (χ0n) is 25.5. The largest absolute Gasteiger partial charge is 0.462 e. The fraction of sp³-hybridized carbons (Fsp3) is 0.667. The van der Waals surface area contributed by atoms with E-state index in [0.29, 0.717) is 6.42 Å². The Labute approximate surface area is 253 Å². The van der Waals surface area contributed by atoms with Crippen LogP contribution in [-0.2, 0) is 61.9 Å². The molecule has 1 spiro atoms. The molecule has 9 atom stereocenters. The SMILES string of the molecule is CC(=O)OCC(=O)O[C@H]1/C=C\C(COC(C)=O)=C/[C@@H]2OC(=O)[C@H](C)[C@@]2(O)[C@@H](OC(C)=O)[C@H]2[C@]3(CC[C@H](OC(C)=O)[C@]12C)CO3. The molecule has 0 aromatic heterocycles. The molecular weight excluding hydrogens is 584 g/mol. The summed E-state index contributed by atoms with van der Waals surface area (Å²) in [6, 6.07) is 0. The summed E-state index contributed by atoms with van der Waals surface area (Å²) in [4.78, 5) is 74.3. The van der Waals surface area contributed by atoms with Crippen LogP contribution in [0, 0.1) is 17.3 Å². The number of ether oxygens (including phenoxy) is 7. The monoisotopic (exact) mass is 622 g/mol. The molecule has 242 valence electrons. The van der Waals surface area contributed by atoms with Crippen molar-refractivity contribution in [3.63, 3.8) is 0 Å². The normalized spacial score (nSPS) is 39.2. The molecule has 14 nitrogen and oxygen atoms in total. The van der Waals surface area contributed by atoms with Gasteiger partial charge < -0.3 is 38.3 Å². The number of esters is 6. The average Bonchev–Trinajstić information content (AvgIpc) is 3.66. The van der Waals surface area contributed by atoms with Gasteiger partial charge >= 0.3 is 35.8 Å². The van der Waals surface area contributed by atoms with Crippen LogP contribution in [0.15, 0.2) is 23.8 Å². The quantitative estimate of drug-likeness (QED) is 0.239. The van der Waals surface area contributed by atoms with Gasteiger partial charge in [0.15, 0.2) is 18.3 Å². The Morgan fingerprint density at radius 3 is 2.18 bits per heavy atom. The molecule has 4 rings (SSSR count). The molecule has 14 heteroatoms. The zero-order valence-corrected chi connectivity index (χ0v) is 25.5. The van der Waals surface area contributed by atoms with E-state index in [2.05, 4.69) is 0 Å². The van der Waals surface area contributed by atoms with Crippen LogP contribution in [0.3, 0.4) is 0 Å². The third kappa shape index (κ3) is 6.23. The van der Waals surface area contributed by atoms with Crippen molar-refractivity contribution >= 4 is 35.8 Å². The Hall–Kier alpha value is -3.78. The van der Waals surface area contributed by atoms with E-state index in [-0.39, 0.29) is 25.2 Å². The van der Waals surface area contributed by atoms with Crippen LogP contribution in [0.1, 0.15) is 54.4 Å². The zero-order chi connectivity index (χ0) is 32.6. The van der Waals surface area contributed by atoms with E-state index in [1.54, 1.807) is 6.92 Å². The highest BCUT2D eigenvalue weighted by Crippen LogP contribution is 2.62. The highest BCUT2D eigenvalue weighted by molar-refractivity contribution is 5.78. The summed E-state index contributed by atoms with van der Waals surface area (Å²) in [5.74, 6) is -6.75. The van der Waals surface area contributed by atoms with Gasteiger partial charge in [0.2, 0.25) is 0 Å². The number of hydrogen-bond acceptors (Lipinski definition) is 14. The smallest absolute Gasteiger partial charge is 0.344 e. The van der Waals surface area contributed by atoms with Crippen LogP contribution in [0.4, 0.5) is 0 Å². The average molecular weight is 623 g/mol. The molecule has 2 aliphatic carbocycles. The Morgan fingerprint density at radius 1 is 0.977 bits per heavy atom. The van der Waals surface area contributed by atoms with Crippen LogP contribution >= 0.6 is 0 Å². The first-order valence-corrected chi connectivity index (χ1v) is 14.3. The summed E-state index contributed by atoms with van der Waals surface area (Å²) in [5, 5.41) is 12.5. The van der Waals surface area contributed by atoms with Gasteiger partial charge in [-0.2, -0.15) is 0 Å². The molecule has 1 saturated carbocycles. The molecule has 0 amide bonds. The number of carbonyl (C=O) groups is 6. The van der Waals surface area contributed by atoms with E-state index in [1.165, 1.54) is 39.0 Å². The van der Waals surface area contributed by atoms with Crippen molar-refractivity contribution < 1.29 is 67.0 Å². The van der Waals surface area contributed by atoms with Gasteiger partial charge in [-0.1, -0.05) is 13.0 Å². The minimum absolute atomic E-state index is 0.174. The molecular formula is C30H38O14. The lowest BCUT2D eigenvalue weighted by molar-refractivity contribution is -0.237. The minimum Gasteiger partial charge on any atom is -0.462 e. The second-order valence-electron chi connectivity index (χ2n) is 11.9. The van der Waals surface area contributed by atoms with Crippen LogP contribution in [0.2, 0.25) is 0 Å². The molecule has 0 unspecified atom stereocenters. The molecule has 4 aliphatic rings. The molecule has 3 fully saturated rings. The lowest BCUT2D eigenvalue weighted by Crippen LogP contribution is -2.69. The number of epoxide rings is 1. The summed E-state index contributed by atoms with van der Waals surface area (Å²) in [5.41, 5.74) is -4.48. The Morgan fingerprint density at radius 2 is 1.61 bits per heavy atom. The fourth-order valence-corrected chi connectivity index (χ4v) is 6.77. The number of hydrogen-bond donors (Lipinski definition) is 1. The molecule has 0 bridgehead atoms. The topological polar surface area (TPSA) is 191 Å². The highest BCUT2D eigenvalue weighted by Gasteiger charge is 2.74. The van der Waals surface area contributed by atoms with Crippen LogP contribution in [0.25, 0.3) is 0 Å². The maximum atomic E-state index is 13.0.